The minimum absolute atomic E-state index is 0. The molecule has 1 spiro atoms. The van der Waals surface area contributed by atoms with Gasteiger partial charge in [-0.1, -0.05) is 0 Å². The van der Waals surface area contributed by atoms with Gasteiger partial charge in [-0.3, -0.25) is 0 Å². The zero-order valence-corrected chi connectivity index (χ0v) is 6.78. The maximum Gasteiger partial charge on any atom is 0.0472 e. The van der Waals surface area contributed by atoms with Crippen LogP contribution in [-0.4, -0.2) is 23.8 Å². The standard InChI is InChI=1S/C7H13NO.ClH/c9-5-6-3-7(1-2-7)8-4-6;/h6,8-9H,1-5H2;1H. The van der Waals surface area contributed by atoms with Crippen LogP contribution in [0.5, 0.6) is 0 Å². The predicted molar refractivity (Wildman–Crippen MR) is 42.4 cm³/mol. The SMILES string of the molecule is Cl.OCC1CNC2(CC2)C1. The van der Waals surface area contributed by atoms with Crippen molar-refractivity contribution >= 4 is 12.4 Å². The number of rotatable bonds is 1. The fourth-order valence-electron chi connectivity index (χ4n) is 1.72. The minimum atomic E-state index is 0. The highest BCUT2D eigenvalue weighted by molar-refractivity contribution is 5.85. The summed E-state index contributed by atoms with van der Waals surface area (Å²) < 4.78 is 0. The molecule has 0 aromatic heterocycles. The van der Waals surface area contributed by atoms with E-state index in [0.29, 0.717) is 18.1 Å². The second-order valence-electron chi connectivity index (χ2n) is 3.41. The lowest BCUT2D eigenvalue weighted by Gasteiger charge is -2.03. The molecule has 10 heavy (non-hydrogen) atoms. The molecule has 2 aliphatic rings. The van der Waals surface area contributed by atoms with E-state index < -0.39 is 0 Å². The van der Waals surface area contributed by atoms with Crippen LogP contribution >= 0.6 is 12.4 Å². The van der Waals surface area contributed by atoms with Crippen LogP contribution in [0.4, 0.5) is 0 Å². The Morgan fingerprint density at radius 2 is 2.20 bits per heavy atom. The molecule has 0 aromatic rings. The van der Waals surface area contributed by atoms with E-state index in [-0.39, 0.29) is 12.4 Å². The molecule has 1 unspecified atom stereocenters. The molecule has 3 heteroatoms. The molecule has 1 aliphatic heterocycles. The third-order valence-electron chi connectivity index (χ3n) is 2.56. The van der Waals surface area contributed by atoms with E-state index in [2.05, 4.69) is 5.32 Å². The summed E-state index contributed by atoms with van der Waals surface area (Å²) in [6.07, 6.45) is 3.89. The topological polar surface area (TPSA) is 32.3 Å². The number of nitrogens with one attached hydrogen (secondary N) is 1. The van der Waals surface area contributed by atoms with Gasteiger partial charge in [-0.2, -0.15) is 0 Å². The molecular weight excluding hydrogens is 150 g/mol. The Bertz CT molecular complexity index is 125. The molecule has 60 valence electrons. The number of aliphatic hydroxyl groups excluding tert-OH is 1. The molecule has 0 bridgehead atoms. The molecule has 0 aromatic carbocycles. The van der Waals surface area contributed by atoms with Crippen molar-refractivity contribution in [1.82, 2.24) is 5.32 Å². The smallest absolute Gasteiger partial charge is 0.0472 e. The van der Waals surface area contributed by atoms with Gasteiger partial charge in [0.2, 0.25) is 0 Å². The minimum Gasteiger partial charge on any atom is -0.396 e. The Hall–Kier alpha value is 0.210. The summed E-state index contributed by atoms with van der Waals surface area (Å²) in [5.74, 6) is 0.549. The van der Waals surface area contributed by atoms with Crippen LogP contribution in [0, 0.1) is 5.92 Å². The third-order valence-corrected chi connectivity index (χ3v) is 2.56. The summed E-state index contributed by atoms with van der Waals surface area (Å²) in [4.78, 5) is 0. The van der Waals surface area contributed by atoms with Crippen molar-refractivity contribution < 1.29 is 5.11 Å². The molecule has 0 amide bonds. The molecule has 1 aliphatic carbocycles. The average molecular weight is 164 g/mol. The van der Waals surface area contributed by atoms with Gasteiger partial charge in [0.25, 0.3) is 0 Å². The Morgan fingerprint density at radius 3 is 2.50 bits per heavy atom. The molecule has 2 rings (SSSR count). The van der Waals surface area contributed by atoms with Gasteiger partial charge in [-0.25, -0.2) is 0 Å². The molecule has 1 saturated heterocycles. The first-order valence-corrected chi connectivity index (χ1v) is 3.71. The Balaban J connectivity index is 0.000000500. The first-order chi connectivity index (χ1) is 4.35. The summed E-state index contributed by atoms with van der Waals surface area (Å²) in [6.45, 7) is 1.41. The molecular formula is C7H14ClNO. The molecule has 1 saturated carbocycles. The summed E-state index contributed by atoms with van der Waals surface area (Å²) >= 11 is 0. The maximum absolute atomic E-state index is 8.79. The Morgan fingerprint density at radius 1 is 1.50 bits per heavy atom. The number of hydrogen-bond donors (Lipinski definition) is 2. The van der Waals surface area contributed by atoms with Gasteiger partial charge < -0.3 is 10.4 Å². The largest absolute Gasteiger partial charge is 0.396 e. The highest BCUT2D eigenvalue weighted by Crippen LogP contribution is 2.44. The number of hydrogen-bond acceptors (Lipinski definition) is 2. The third kappa shape index (κ3) is 1.29. The molecule has 2 fully saturated rings. The van der Waals surface area contributed by atoms with Crippen molar-refractivity contribution in [2.45, 2.75) is 24.8 Å². The van der Waals surface area contributed by atoms with Crippen molar-refractivity contribution in [2.24, 2.45) is 5.92 Å². The van der Waals surface area contributed by atoms with Gasteiger partial charge in [0.05, 0.1) is 0 Å². The first kappa shape index (κ1) is 8.31. The van der Waals surface area contributed by atoms with Crippen LogP contribution in [0.2, 0.25) is 0 Å². The van der Waals surface area contributed by atoms with Crippen LogP contribution < -0.4 is 5.32 Å². The van der Waals surface area contributed by atoms with E-state index in [4.69, 9.17) is 5.11 Å². The van der Waals surface area contributed by atoms with E-state index in [9.17, 15) is 0 Å². The molecule has 1 heterocycles. The van der Waals surface area contributed by atoms with Gasteiger partial charge in [0.1, 0.15) is 0 Å². The van der Waals surface area contributed by atoms with Crippen molar-refractivity contribution in [3.05, 3.63) is 0 Å². The molecule has 2 N–H and O–H groups in total. The van der Waals surface area contributed by atoms with Crippen LogP contribution in [0.3, 0.4) is 0 Å². The molecule has 0 radical (unpaired) electrons. The Kier molecular flexibility index (Phi) is 2.23. The van der Waals surface area contributed by atoms with Crippen molar-refractivity contribution in [2.75, 3.05) is 13.2 Å². The molecule has 2 nitrogen and oxygen atoms in total. The zero-order chi connectivity index (χ0) is 6.32. The fourth-order valence-corrected chi connectivity index (χ4v) is 1.72. The predicted octanol–water partition coefficient (Wildman–Crippen LogP) is 0.543. The first-order valence-electron chi connectivity index (χ1n) is 3.71. The van der Waals surface area contributed by atoms with Gasteiger partial charge in [0.15, 0.2) is 0 Å². The van der Waals surface area contributed by atoms with E-state index in [1.54, 1.807) is 0 Å². The van der Waals surface area contributed by atoms with Crippen molar-refractivity contribution in [1.29, 1.82) is 0 Å². The maximum atomic E-state index is 8.79. The van der Waals surface area contributed by atoms with E-state index in [0.717, 1.165) is 6.54 Å². The molecule has 1 atom stereocenters. The van der Waals surface area contributed by atoms with Gasteiger partial charge >= 0.3 is 0 Å². The van der Waals surface area contributed by atoms with Crippen molar-refractivity contribution in [3.8, 4) is 0 Å². The van der Waals surface area contributed by atoms with Crippen LogP contribution in [0.25, 0.3) is 0 Å². The summed E-state index contributed by atoms with van der Waals surface area (Å²) in [5.41, 5.74) is 0.507. The normalized spacial score (nSPS) is 33.9. The lowest BCUT2D eigenvalue weighted by molar-refractivity contribution is 0.235. The second kappa shape index (κ2) is 2.68. The van der Waals surface area contributed by atoms with Crippen LogP contribution in [-0.2, 0) is 0 Å². The summed E-state index contributed by atoms with van der Waals surface area (Å²) in [5, 5.41) is 12.2. The summed E-state index contributed by atoms with van der Waals surface area (Å²) in [6, 6.07) is 0. The second-order valence-corrected chi connectivity index (χ2v) is 3.41. The van der Waals surface area contributed by atoms with Gasteiger partial charge in [-0.05, 0) is 25.2 Å². The summed E-state index contributed by atoms with van der Waals surface area (Å²) in [7, 11) is 0. The van der Waals surface area contributed by atoms with E-state index in [1.807, 2.05) is 0 Å². The average Bonchev–Trinajstić information content (AvgIpc) is 2.44. The lowest BCUT2D eigenvalue weighted by atomic mass is 10.1. The zero-order valence-electron chi connectivity index (χ0n) is 5.97. The number of aliphatic hydroxyl groups is 1. The van der Waals surface area contributed by atoms with Crippen LogP contribution in [0.15, 0.2) is 0 Å². The fraction of sp³-hybridized carbons (Fsp3) is 1.00. The van der Waals surface area contributed by atoms with E-state index in [1.165, 1.54) is 19.3 Å². The Labute approximate surface area is 67.4 Å². The highest BCUT2D eigenvalue weighted by Gasteiger charge is 2.47. The van der Waals surface area contributed by atoms with Crippen molar-refractivity contribution in [3.63, 3.8) is 0 Å². The highest BCUT2D eigenvalue weighted by atomic mass is 35.5. The number of halogens is 1. The van der Waals surface area contributed by atoms with Gasteiger partial charge in [-0.15, -0.1) is 12.4 Å². The quantitative estimate of drug-likeness (QED) is 0.592. The lowest BCUT2D eigenvalue weighted by Crippen LogP contribution is -2.22. The van der Waals surface area contributed by atoms with Gasteiger partial charge in [0, 0.05) is 18.7 Å². The van der Waals surface area contributed by atoms with Crippen LogP contribution in [0.1, 0.15) is 19.3 Å². The monoisotopic (exact) mass is 163 g/mol. The van der Waals surface area contributed by atoms with E-state index >= 15 is 0 Å².